The predicted octanol–water partition coefficient (Wildman–Crippen LogP) is 1.39. The fourth-order valence-electron chi connectivity index (χ4n) is 1.50. The number of hydrogen-bond donors (Lipinski definition) is 1. The van der Waals surface area contributed by atoms with E-state index in [0.717, 1.165) is 6.07 Å². The van der Waals surface area contributed by atoms with E-state index in [0.29, 0.717) is 10.9 Å². The van der Waals surface area contributed by atoms with Crippen LogP contribution in [-0.4, -0.2) is 55.4 Å². The average molecular weight is 315 g/mol. The van der Waals surface area contributed by atoms with Crippen LogP contribution in [0.15, 0.2) is 17.3 Å². The van der Waals surface area contributed by atoms with Gasteiger partial charge < -0.3 is 4.74 Å². The molecule has 6 nitrogen and oxygen atoms in total. The first-order valence-corrected chi connectivity index (χ1v) is 7.35. The van der Waals surface area contributed by atoms with Crippen molar-refractivity contribution < 1.29 is 26.3 Å². The summed E-state index contributed by atoms with van der Waals surface area (Å²) in [7, 11) is -4.24. The Morgan fingerprint density at radius 1 is 1.45 bits per heavy atom. The van der Waals surface area contributed by atoms with Gasteiger partial charge >= 0.3 is 6.18 Å². The zero-order valence-corrected chi connectivity index (χ0v) is 11.7. The summed E-state index contributed by atoms with van der Waals surface area (Å²) in [5.74, 6) is 0. The molecule has 1 aromatic heterocycles. The van der Waals surface area contributed by atoms with Gasteiger partial charge in [-0.1, -0.05) is 0 Å². The van der Waals surface area contributed by atoms with Crippen LogP contribution in [0.25, 0.3) is 0 Å². The second-order valence-electron chi connectivity index (χ2n) is 3.93. The van der Waals surface area contributed by atoms with Crippen molar-refractivity contribution in [3.63, 3.8) is 0 Å². The molecule has 0 aliphatic carbocycles. The fraction of sp³-hybridized carbons (Fsp3) is 0.700. The lowest BCUT2D eigenvalue weighted by Crippen LogP contribution is -2.40. The van der Waals surface area contributed by atoms with E-state index in [2.05, 4.69) is 10.2 Å². The quantitative estimate of drug-likeness (QED) is 0.736. The van der Waals surface area contributed by atoms with Crippen LogP contribution in [0.5, 0.6) is 0 Å². The Labute approximate surface area is 115 Å². The van der Waals surface area contributed by atoms with Crippen molar-refractivity contribution >= 4 is 10.0 Å². The highest BCUT2D eigenvalue weighted by Gasteiger charge is 2.37. The van der Waals surface area contributed by atoms with Crippen molar-refractivity contribution in [3.05, 3.63) is 12.3 Å². The number of aromatic amines is 1. The first-order valence-electron chi connectivity index (χ1n) is 5.91. The summed E-state index contributed by atoms with van der Waals surface area (Å²) in [6, 6.07) is 1.11. The number of rotatable bonds is 8. The van der Waals surface area contributed by atoms with Gasteiger partial charge in [0.2, 0.25) is 0 Å². The monoisotopic (exact) mass is 315 g/mol. The zero-order valence-electron chi connectivity index (χ0n) is 10.9. The molecule has 0 aliphatic rings. The van der Waals surface area contributed by atoms with Crippen molar-refractivity contribution in [2.75, 3.05) is 26.3 Å². The number of ether oxygens (including phenoxy) is 1. The summed E-state index contributed by atoms with van der Waals surface area (Å²) < 4.78 is 66.9. The van der Waals surface area contributed by atoms with E-state index >= 15 is 0 Å². The van der Waals surface area contributed by atoms with Crippen molar-refractivity contribution in [2.45, 2.75) is 24.5 Å². The van der Waals surface area contributed by atoms with E-state index in [1.54, 1.807) is 6.92 Å². The highest BCUT2D eigenvalue weighted by molar-refractivity contribution is 7.89. The Bertz CT molecular complexity index is 488. The second kappa shape index (κ2) is 7.04. The van der Waals surface area contributed by atoms with Crippen LogP contribution in [0, 0.1) is 0 Å². The largest absolute Gasteiger partial charge is 0.402 e. The van der Waals surface area contributed by atoms with E-state index < -0.39 is 22.7 Å². The molecule has 0 bridgehead atoms. The van der Waals surface area contributed by atoms with Crippen molar-refractivity contribution in [1.29, 1.82) is 0 Å². The van der Waals surface area contributed by atoms with Gasteiger partial charge in [-0.15, -0.1) is 0 Å². The van der Waals surface area contributed by atoms with Crippen LogP contribution < -0.4 is 0 Å². The maximum absolute atomic E-state index is 12.5. The van der Waals surface area contributed by atoms with E-state index in [1.807, 2.05) is 0 Å². The third-order valence-electron chi connectivity index (χ3n) is 2.35. The molecule has 0 saturated heterocycles. The van der Waals surface area contributed by atoms with Crippen molar-refractivity contribution in [2.24, 2.45) is 0 Å². The van der Waals surface area contributed by atoms with Gasteiger partial charge in [-0.2, -0.15) is 22.6 Å². The Morgan fingerprint density at radius 2 is 2.15 bits per heavy atom. The second-order valence-corrected chi connectivity index (χ2v) is 5.83. The van der Waals surface area contributed by atoms with Gasteiger partial charge in [0.1, 0.15) is 6.54 Å². The molecule has 0 amide bonds. The molecular formula is C10H16F3N3O3S. The number of alkyl halides is 3. The van der Waals surface area contributed by atoms with Gasteiger partial charge in [-0.3, -0.25) is 5.10 Å². The molecule has 0 saturated carbocycles. The summed E-state index contributed by atoms with van der Waals surface area (Å²) in [6.07, 6.45) is -3.27. The maximum Gasteiger partial charge on any atom is 0.402 e. The number of halogens is 3. The third-order valence-corrected chi connectivity index (χ3v) is 4.12. The smallest absolute Gasteiger partial charge is 0.382 e. The SMILES string of the molecule is CCOCCCN(CC(F)(F)F)S(=O)(=O)c1ccn[nH]1. The molecule has 0 radical (unpaired) electrons. The summed E-state index contributed by atoms with van der Waals surface area (Å²) in [5, 5.41) is 5.24. The van der Waals surface area contributed by atoms with E-state index in [1.165, 1.54) is 6.20 Å². The molecule has 0 spiro atoms. The number of aromatic nitrogens is 2. The normalized spacial score (nSPS) is 13.1. The average Bonchev–Trinajstić information content (AvgIpc) is 2.85. The minimum Gasteiger partial charge on any atom is -0.382 e. The Hall–Kier alpha value is -1.13. The highest BCUT2D eigenvalue weighted by atomic mass is 32.2. The van der Waals surface area contributed by atoms with E-state index in [4.69, 9.17) is 4.74 Å². The zero-order chi connectivity index (χ0) is 15.2. The molecule has 1 heterocycles. The van der Waals surface area contributed by atoms with Gasteiger partial charge in [0.15, 0.2) is 5.03 Å². The Balaban J connectivity index is 2.81. The molecule has 116 valence electrons. The van der Waals surface area contributed by atoms with Crippen LogP contribution in [0.1, 0.15) is 13.3 Å². The molecule has 20 heavy (non-hydrogen) atoms. The van der Waals surface area contributed by atoms with Gasteiger partial charge in [0, 0.05) is 19.8 Å². The summed E-state index contributed by atoms with van der Waals surface area (Å²) in [5.41, 5.74) is 0. The fourth-order valence-corrected chi connectivity index (χ4v) is 2.86. The first-order chi connectivity index (χ1) is 9.27. The first kappa shape index (κ1) is 16.9. The Kier molecular flexibility index (Phi) is 5.96. The van der Waals surface area contributed by atoms with Crippen molar-refractivity contribution in [3.8, 4) is 0 Å². The number of hydrogen-bond acceptors (Lipinski definition) is 4. The standard InChI is InChI=1S/C10H16F3N3O3S/c1-2-19-7-3-6-16(8-10(11,12)13)20(17,18)9-4-5-14-15-9/h4-5H,2-3,6-8H2,1H3,(H,14,15). The summed E-state index contributed by atoms with van der Waals surface area (Å²) in [6.45, 7) is 0.548. The maximum atomic E-state index is 12.5. The van der Waals surface area contributed by atoms with Crippen LogP contribution in [0.3, 0.4) is 0 Å². The summed E-state index contributed by atoms with van der Waals surface area (Å²) in [4.78, 5) is 0. The molecule has 0 fully saturated rings. The molecular weight excluding hydrogens is 299 g/mol. The molecule has 0 unspecified atom stereocenters. The van der Waals surface area contributed by atoms with Crippen LogP contribution in [0.2, 0.25) is 0 Å². The number of sulfonamides is 1. The minimum absolute atomic E-state index is 0.178. The number of H-pyrrole nitrogens is 1. The molecule has 0 atom stereocenters. The molecule has 0 aliphatic heterocycles. The third kappa shape index (κ3) is 5.10. The number of nitrogens with one attached hydrogen (secondary N) is 1. The van der Waals surface area contributed by atoms with Crippen molar-refractivity contribution in [1.82, 2.24) is 14.5 Å². The predicted molar refractivity (Wildman–Crippen MR) is 64.5 cm³/mol. The number of nitrogens with zero attached hydrogens (tertiary/aromatic N) is 2. The van der Waals surface area contributed by atoms with Gasteiger partial charge in [0.05, 0.1) is 6.20 Å². The highest BCUT2D eigenvalue weighted by Crippen LogP contribution is 2.21. The van der Waals surface area contributed by atoms with E-state index in [9.17, 15) is 21.6 Å². The van der Waals surface area contributed by atoms with E-state index in [-0.39, 0.29) is 24.6 Å². The van der Waals surface area contributed by atoms with Gasteiger partial charge in [0.25, 0.3) is 10.0 Å². The lowest BCUT2D eigenvalue weighted by molar-refractivity contribution is -0.136. The Morgan fingerprint density at radius 3 is 2.65 bits per heavy atom. The van der Waals surface area contributed by atoms with Crippen LogP contribution in [0.4, 0.5) is 13.2 Å². The molecule has 0 aromatic carbocycles. The summed E-state index contributed by atoms with van der Waals surface area (Å²) >= 11 is 0. The molecule has 10 heteroatoms. The lowest BCUT2D eigenvalue weighted by atomic mass is 10.4. The minimum atomic E-state index is -4.61. The van der Waals surface area contributed by atoms with Crippen LogP contribution >= 0.6 is 0 Å². The molecule has 1 rings (SSSR count). The van der Waals surface area contributed by atoms with Gasteiger partial charge in [-0.05, 0) is 19.4 Å². The molecule has 1 N–H and O–H groups in total. The topological polar surface area (TPSA) is 75.3 Å². The van der Waals surface area contributed by atoms with Gasteiger partial charge in [-0.25, -0.2) is 8.42 Å². The molecule has 1 aromatic rings. The lowest BCUT2D eigenvalue weighted by Gasteiger charge is -2.22. The van der Waals surface area contributed by atoms with Crippen LogP contribution in [-0.2, 0) is 14.8 Å².